The van der Waals surface area contributed by atoms with Gasteiger partial charge in [-0.1, -0.05) is 41.5 Å². The van der Waals surface area contributed by atoms with E-state index in [0.717, 1.165) is 57.0 Å². The summed E-state index contributed by atoms with van der Waals surface area (Å²) in [6, 6.07) is 0. The van der Waals surface area contributed by atoms with Crippen LogP contribution >= 0.6 is 34.5 Å². The average Bonchev–Trinajstić information content (AvgIpc) is 3.53. The van der Waals surface area contributed by atoms with E-state index in [1.807, 2.05) is 0 Å². The molecule has 0 spiro atoms. The number of hydrogen-bond donors (Lipinski definition) is 3. The highest BCUT2D eigenvalue weighted by molar-refractivity contribution is 7.17. The molecule has 2 atom stereocenters. The summed E-state index contributed by atoms with van der Waals surface area (Å²) in [5.41, 5.74) is 1.78. The van der Waals surface area contributed by atoms with Crippen LogP contribution in [0.3, 0.4) is 0 Å². The minimum Gasteiger partial charge on any atom is -0.477 e. The van der Waals surface area contributed by atoms with Gasteiger partial charge in [0.1, 0.15) is 27.8 Å². The van der Waals surface area contributed by atoms with Crippen molar-refractivity contribution in [2.75, 3.05) is 69.6 Å². The third-order valence-corrected chi connectivity index (χ3v) is 10.2. The first kappa shape index (κ1) is 30.7. The van der Waals surface area contributed by atoms with Gasteiger partial charge >= 0.3 is 5.97 Å². The van der Waals surface area contributed by atoms with Crippen molar-refractivity contribution in [1.29, 1.82) is 0 Å². The number of anilines is 2. The molecule has 11 nitrogen and oxygen atoms in total. The number of Topliss-reactive ketones (excluding diaryl/α,β-unsaturated/α-hetero) is 1. The molecular formula is C28H36Cl2N8O3S. The van der Waals surface area contributed by atoms with Gasteiger partial charge in [-0.05, 0) is 32.2 Å². The summed E-state index contributed by atoms with van der Waals surface area (Å²) in [5, 5.41) is 14.5. The van der Waals surface area contributed by atoms with Gasteiger partial charge in [0, 0.05) is 64.5 Å². The van der Waals surface area contributed by atoms with E-state index in [0.29, 0.717) is 58.3 Å². The van der Waals surface area contributed by atoms with Gasteiger partial charge < -0.3 is 25.2 Å². The minimum absolute atomic E-state index is 0.0548. The van der Waals surface area contributed by atoms with Gasteiger partial charge in [-0.2, -0.15) is 0 Å². The minimum atomic E-state index is -1.05. The lowest BCUT2D eigenvalue weighted by Gasteiger charge is -2.36. The quantitative estimate of drug-likeness (QED) is 0.271. The normalized spacial score (nSPS) is 20.2. The molecule has 14 heteroatoms. The van der Waals surface area contributed by atoms with E-state index in [9.17, 15) is 14.7 Å². The van der Waals surface area contributed by atoms with E-state index in [2.05, 4.69) is 48.9 Å². The van der Waals surface area contributed by atoms with Crippen LogP contribution in [0.2, 0.25) is 10.0 Å². The van der Waals surface area contributed by atoms with E-state index >= 15 is 0 Å². The zero-order valence-electron chi connectivity index (χ0n) is 24.0. The van der Waals surface area contributed by atoms with E-state index in [4.69, 9.17) is 28.2 Å². The molecule has 2 aliphatic heterocycles. The van der Waals surface area contributed by atoms with Crippen LogP contribution < -0.4 is 10.2 Å². The van der Waals surface area contributed by atoms with Gasteiger partial charge in [-0.3, -0.25) is 9.69 Å². The molecule has 0 saturated carbocycles. The number of carbonyl (C=O) groups is 2. The molecule has 2 fully saturated rings. The van der Waals surface area contributed by atoms with E-state index in [1.54, 1.807) is 19.3 Å². The lowest BCUT2D eigenvalue weighted by Crippen LogP contribution is -2.45. The summed E-state index contributed by atoms with van der Waals surface area (Å²) in [7, 11) is 2.14. The fraction of sp³-hybridized carbons (Fsp3) is 0.536. The maximum Gasteiger partial charge on any atom is 0.348 e. The second-order valence-electron chi connectivity index (χ2n) is 11.2. The molecule has 0 aliphatic carbocycles. The van der Waals surface area contributed by atoms with Crippen LogP contribution in [0.15, 0.2) is 12.4 Å². The maximum absolute atomic E-state index is 13.0. The smallest absolute Gasteiger partial charge is 0.348 e. The first-order chi connectivity index (χ1) is 20.1. The summed E-state index contributed by atoms with van der Waals surface area (Å²) in [4.78, 5) is 48.7. The Hall–Kier alpha value is -2.77. The molecule has 2 aliphatic rings. The molecule has 5 heterocycles. The number of H-pyrrole nitrogens is 1. The SMILES string of the molecule is Cc1[nH]c(C(=O)C[C@@H]2CCN(c3nc(-c4cnc(NCCN5CCN(C)CC5)cn4)c(C(=O)O)s3)C[C@@H]2C)c(Cl)c1Cl. The number of piperidine rings is 1. The van der Waals surface area contributed by atoms with Crippen molar-refractivity contribution in [3.05, 3.63) is 38.7 Å². The monoisotopic (exact) mass is 634 g/mol. The Kier molecular flexibility index (Phi) is 9.68. The molecule has 2 saturated heterocycles. The van der Waals surface area contributed by atoms with Gasteiger partial charge in [-0.25, -0.2) is 19.7 Å². The Labute approximate surface area is 259 Å². The summed E-state index contributed by atoms with van der Waals surface area (Å²) < 4.78 is 0. The number of hydrogen-bond acceptors (Lipinski definition) is 10. The number of aromatic carboxylic acids is 1. The highest BCUT2D eigenvalue weighted by Crippen LogP contribution is 2.37. The van der Waals surface area contributed by atoms with Gasteiger partial charge in [0.25, 0.3) is 0 Å². The highest BCUT2D eigenvalue weighted by atomic mass is 35.5. The second-order valence-corrected chi connectivity index (χ2v) is 12.9. The number of nitrogens with one attached hydrogen (secondary N) is 2. The number of aromatic nitrogens is 4. The summed E-state index contributed by atoms with van der Waals surface area (Å²) >= 11 is 13.6. The van der Waals surface area contributed by atoms with E-state index in [-0.39, 0.29) is 27.5 Å². The molecule has 0 unspecified atom stereocenters. The van der Waals surface area contributed by atoms with Crippen molar-refractivity contribution >= 4 is 57.2 Å². The molecule has 0 aromatic carbocycles. The van der Waals surface area contributed by atoms with Crippen LogP contribution in [0.5, 0.6) is 0 Å². The Morgan fingerprint density at radius 2 is 1.90 bits per heavy atom. The number of likely N-dealkylation sites (N-methyl/N-ethyl adjacent to an activating group) is 1. The number of ketones is 1. The van der Waals surface area contributed by atoms with Crippen LogP contribution in [0.25, 0.3) is 11.4 Å². The van der Waals surface area contributed by atoms with Gasteiger partial charge in [0.15, 0.2) is 10.9 Å². The van der Waals surface area contributed by atoms with Crippen molar-refractivity contribution in [2.45, 2.75) is 26.7 Å². The molecule has 0 bridgehead atoms. The topological polar surface area (TPSA) is 131 Å². The summed E-state index contributed by atoms with van der Waals surface area (Å²) in [5.74, 6) is -0.114. The molecule has 3 aromatic rings. The van der Waals surface area contributed by atoms with Gasteiger partial charge in [0.2, 0.25) is 0 Å². The summed E-state index contributed by atoms with van der Waals surface area (Å²) in [6.45, 7) is 11.1. The third kappa shape index (κ3) is 6.89. The molecule has 42 heavy (non-hydrogen) atoms. The Morgan fingerprint density at radius 1 is 1.14 bits per heavy atom. The van der Waals surface area contributed by atoms with Crippen LogP contribution in [0, 0.1) is 18.8 Å². The molecule has 5 rings (SSSR count). The first-order valence-corrected chi connectivity index (χ1v) is 15.7. The number of piperazine rings is 1. The molecule has 3 aromatic heterocycles. The Morgan fingerprint density at radius 3 is 2.52 bits per heavy atom. The zero-order chi connectivity index (χ0) is 30.0. The number of aryl methyl sites for hydroxylation is 1. The van der Waals surface area contributed by atoms with Crippen molar-refractivity contribution in [3.63, 3.8) is 0 Å². The highest BCUT2D eigenvalue weighted by Gasteiger charge is 2.32. The first-order valence-electron chi connectivity index (χ1n) is 14.1. The van der Waals surface area contributed by atoms with Crippen molar-refractivity contribution in [1.82, 2.24) is 29.7 Å². The largest absolute Gasteiger partial charge is 0.477 e. The Bertz CT molecular complexity index is 1420. The number of halogens is 2. The maximum atomic E-state index is 13.0. The van der Waals surface area contributed by atoms with Crippen LogP contribution in [0.4, 0.5) is 10.9 Å². The molecule has 226 valence electrons. The number of aromatic amines is 1. The van der Waals surface area contributed by atoms with Gasteiger partial charge in [0.05, 0.1) is 22.4 Å². The van der Waals surface area contributed by atoms with Crippen LogP contribution in [-0.2, 0) is 0 Å². The summed E-state index contributed by atoms with van der Waals surface area (Å²) in [6.07, 6.45) is 4.33. The predicted molar refractivity (Wildman–Crippen MR) is 167 cm³/mol. The van der Waals surface area contributed by atoms with Crippen molar-refractivity contribution in [2.24, 2.45) is 11.8 Å². The molecular weight excluding hydrogens is 599 g/mol. The molecule has 3 N–H and O–H groups in total. The standard InChI is InChI=1S/C28H36Cl2N8O3S/c1-16-15-38(6-4-18(16)12-20(39)25-23(30)22(29)17(2)34-25)28-35-24(26(42-28)27(40)41)19-13-33-21(14-32-19)31-5-7-37-10-8-36(3)9-11-37/h13-14,16,18,34H,4-12,15H2,1-3H3,(H,31,33)(H,40,41)/t16-,18-/m0/s1. The number of carboxylic acid groups (broad SMARTS) is 1. The van der Waals surface area contributed by atoms with Crippen LogP contribution in [0.1, 0.15) is 45.6 Å². The fourth-order valence-corrected chi connectivity index (χ4v) is 6.88. The lowest BCUT2D eigenvalue weighted by molar-refractivity contribution is 0.0702. The lowest BCUT2D eigenvalue weighted by atomic mass is 9.83. The third-order valence-electron chi connectivity index (χ3n) is 8.17. The number of carboxylic acids is 1. The van der Waals surface area contributed by atoms with E-state index in [1.165, 1.54) is 0 Å². The predicted octanol–water partition coefficient (Wildman–Crippen LogP) is 4.64. The van der Waals surface area contributed by atoms with Crippen LogP contribution in [-0.4, -0.2) is 106 Å². The number of carbonyl (C=O) groups excluding carboxylic acids is 1. The van der Waals surface area contributed by atoms with Gasteiger partial charge in [-0.15, -0.1) is 0 Å². The zero-order valence-corrected chi connectivity index (χ0v) is 26.3. The average molecular weight is 636 g/mol. The number of rotatable bonds is 10. The number of nitrogens with zero attached hydrogens (tertiary/aromatic N) is 6. The molecule has 0 radical (unpaired) electrons. The van der Waals surface area contributed by atoms with Crippen molar-refractivity contribution in [3.8, 4) is 11.4 Å². The van der Waals surface area contributed by atoms with E-state index < -0.39 is 5.97 Å². The number of thiazole rings is 1. The Balaban J connectivity index is 1.20. The molecule has 0 amide bonds. The second kappa shape index (κ2) is 13.3. The fourth-order valence-electron chi connectivity index (χ4n) is 5.49. The van der Waals surface area contributed by atoms with Crippen molar-refractivity contribution < 1.29 is 14.7 Å².